The van der Waals surface area contributed by atoms with Crippen LogP contribution >= 0.6 is 11.3 Å². The van der Waals surface area contributed by atoms with Crippen LogP contribution in [0, 0.1) is 18.3 Å². The van der Waals surface area contributed by atoms with E-state index in [-0.39, 0.29) is 5.69 Å². The molecule has 0 fully saturated rings. The van der Waals surface area contributed by atoms with Crippen molar-refractivity contribution in [3.63, 3.8) is 0 Å². The normalized spacial score (nSPS) is 10.4. The third-order valence-electron chi connectivity index (χ3n) is 2.92. The molecule has 3 rings (SSSR count). The predicted octanol–water partition coefficient (Wildman–Crippen LogP) is 1.92. The molecule has 0 spiro atoms. The highest BCUT2D eigenvalue weighted by molar-refractivity contribution is 7.13. The SMILES string of the molecule is Cc1nnc(-n2nnc(C#N)c2CCOc2ccccc2)s1. The number of aromatic nitrogens is 5. The van der Waals surface area contributed by atoms with Crippen LogP contribution in [-0.4, -0.2) is 31.8 Å². The van der Waals surface area contributed by atoms with E-state index in [1.165, 1.54) is 11.3 Å². The first-order valence-electron chi connectivity index (χ1n) is 6.61. The molecule has 0 saturated carbocycles. The number of hydrogen-bond acceptors (Lipinski definition) is 7. The second kappa shape index (κ2) is 6.32. The number of nitriles is 1. The summed E-state index contributed by atoms with van der Waals surface area (Å²) in [4.78, 5) is 0. The predicted molar refractivity (Wildman–Crippen MR) is 79.9 cm³/mol. The fourth-order valence-corrected chi connectivity index (χ4v) is 2.58. The average molecular weight is 312 g/mol. The molecule has 2 heterocycles. The van der Waals surface area contributed by atoms with Crippen LogP contribution in [0.3, 0.4) is 0 Å². The Labute approximate surface area is 130 Å². The van der Waals surface area contributed by atoms with Crippen molar-refractivity contribution in [2.75, 3.05) is 6.61 Å². The van der Waals surface area contributed by atoms with Crippen LogP contribution in [0.4, 0.5) is 0 Å². The van der Waals surface area contributed by atoms with Crippen LogP contribution in [-0.2, 0) is 6.42 Å². The summed E-state index contributed by atoms with van der Waals surface area (Å²) in [5, 5.41) is 26.5. The summed E-state index contributed by atoms with van der Waals surface area (Å²) in [5.41, 5.74) is 0.957. The maximum atomic E-state index is 9.16. The Morgan fingerprint density at radius 2 is 2.05 bits per heavy atom. The van der Waals surface area contributed by atoms with Crippen molar-refractivity contribution >= 4 is 11.3 Å². The summed E-state index contributed by atoms with van der Waals surface area (Å²) in [5.74, 6) is 0.784. The molecule has 7 nitrogen and oxygen atoms in total. The monoisotopic (exact) mass is 312 g/mol. The van der Waals surface area contributed by atoms with E-state index >= 15 is 0 Å². The number of aryl methyl sites for hydroxylation is 1. The molecule has 22 heavy (non-hydrogen) atoms. The standard InChI is InChI=1S/C14H12N6OS/c1-10-16-18-14(22-10)20-13(12(9-15)17-19-20)7-8-21-11-5-3-2-4-6-11/h2-6H,7-8H2,1H3. The summed E-state index contributed by atoms with van der Waals surface area (Å²) in [7, 11) is 0. The van der Waals surface area contributed by atoms with Crippen LogP contribution < -0.4 is 4.74 Å². The molecule has 1 aromatic carbocycles. The van der Waals surface area contributed by atoms with E-state index in [9.17, 15) is 0 Å². The molecule has 0 atom stereocenters. The lowest BCUT2D eigenvalue weighted by molar-refractivity contribution is 0.319. The summed E-state index contributed by atoms with van der Waals surface area (Å²) in [6.07, 6.45) is 0.503. The van der Waals surface area contributed by atoms with Gasteiger partial charge in [0, 0.05) is 6.42 Å². The first-order valence-corrected chi connectivity index (χ1v) is 7.42. The number of hydrogen-bond donors (Lipinski definition) is 0. The lowest BCUT2D eigenvalue weighted by Gasteiger charge is -2.06. The molecule has 0 saturated heterocycles. The van der Waals surface area contributed by atoms with Crippen molar-refractivity contribution in [2.24, 2.45) is 0 Å². The highest BCUT2D eigenvalue weighted by Gasteiger charge is 2.16. The van der Waals surface area contributed by atoms with Gasteiger partial charge in [-0.25, -0.2) is 0 Å². The minimum atomic E-state index is 0.282. The smallest absolute Gasteiger partial charge is 0.234 e. The van der Waals surface area contributed by atoms with Gasteiger partial charge in [-0.1, -0.05) is 34.7 Å². The fourth-order valence-electron chi connectivity index (χ4n) is 1.92. The van der Waals surface area contributed by atoms with Crippen LogP contribution in [0.15, 0.2) is 30.3 Å². The molecule has 0 bridgehead atoms. The fraction of sp³-hybridized carbons (Fsp3) is 0.214. The second-order valence-electron chi connectivity index (χ2n) is 4.42. The van der Waals surface area contributed by atoms with Crippen molar-refractivity contribution in [3.05, 3.63) is 46.7 Å². The molecule has 110 valence electrons. The van der Waals surface area contributed by atoms with Crippen LogP contribution in [0.2, 0.25) is 0 Å². The van der Waals surface area contributed by atoms with Crippen molar-refractivity contribution < 1.29 is 4.74 Å². The maximum Gasteiger partial charge on any atom is 0.234 e. The molecule has 3 aromatic rings. The van der Waals surface area contributed by atoms with Gasteiger partial charge in [0.1, 0.15) is 16.8 Å². The number of ether oxygens (including phenoxy) is 1. The van der Waals surface area contributed by atoms with E-state index < -0.39 is 0 Å². The van der Waals surface area contributed by atoms with Gasteiger partial charge in [-0.3, -0.25) is 0 Å². The lowest BCUT2D eigenvalue weighted by atomic mass is 10.2. The molecule has 0 aliphatic heterocycles. The quantitative estimate of drug-likeness (QED) is 0.715. The largest absolute Gasteiger partial charge is 0.493 e. The Morgan fingerprint density at radius 1 is 1.23 bits per heavy atom. The van der Waals surface area contributed by atoms with E-state index in [1.54, 1.807) is 4.68 Å². The average Bonchev–Trinajstić information content (AvgIpc) is 3.14. The molecule has 0 unspecified atom stereocenters. The van der Waals surface area contributed by atoms with E-state index in [0.717, 1.165) is 10.8 Å². The van der Waals surface area contributed by atoms with Gasteiger partial charge in [0.05, 0.1) is 12.3 Å². The lowest BCUT2D eigenvalue weighted by Crippen LogP contribution is -2.08. The van der Waals surface area contributed by atoms with E-state index in [1.807, 2.05) is 43.3 Å². The van der Waals surface area contributed by atoms with E-state index in [0.29, 0.717) is 23.9 Å². The molecule has 8 heteroatoms. The van der Waals surface area contributed by atoms with Gasteiger partial charge >= 0.3 is 0 Å². The van der Waals surface area contributed by atoms with Crippen LogP contribution in [0.5, 0.6) is 5.75 Å². The molecular weight excluding hydrogens is 300 g/mol. The van der Waals surface area contributed by atoms with Gasteiger partial charge in [0.2, 0.25) is 5.13 Å². The molecule has 0 radical (unpaired) electrons. The molecular formula is C14H12N6OS. The van der Waals surface area contributed by atoms with Gasteiger partial charge in [0.25, 0.3) is 0 Å². The zero-order chi connectivity index (χ0) is 15.4. The number of rotatable bonds is 5. The Hall–Kier alpha value is -2.79. The van der Waals surface area contributed by atoms with Crippen molar-refractivity contribution in [1.29, 1.82) is 5.26 Å². The zero-order valence-electron chi connectivity index (χ0n) is 11.8. The third-order valence-corrected chi connectivity index (χ3v) is 3.73. The maximum absolute atomic E-state index is 9.16. The highest BCUT2D eigenvalue weighted by Crippen LogP contribution is 2.17. The van der Waals surface area contributed by atoms with Crippen molar-refractivity contribution in [2.45, 2.75) is 13.3 Å². The van der Waals surface area contributed by atoms with E-state index in [4.69, 9.17) is 10.00 Å². The summed E-state index contributed by atoms with van der Waals surface area (Å²) < 4.78 is 7.22. The molecule has 0 amide bonds. The minimum Gasteiger partial charge on any atom is -0.493 e. The topological polar surface area (TPSA) is 89.5 Å². The Bertz CT molecular complexity index is 804. The Morgan fingerprint density at radius 3 is 2.73 bits per heavy atom. The first kappa shape index (κ1) is 14.2. The van der Waals surface area contributed by atoms with Gasteiger partial charge in [-0.2, -0.15) is 9.94 Å². The van der Waals surface area contributed by atoms with E-state index in [2.05, 4.69) is 20.5 Å². The Kier molecular flexibility index (Phi) is 4.07. The highest BCUT2D eigenvalue weighted by atomic mass is 32.1. The zero-order valence-corrected chi connectivity index (χ0v) is 12.6. The van der Waals surface area contributed by atoms with Crippen molar-refractivity contribution in [3.8, 4) is 17.0 Å². The molecule has 2 aromatic heterocycles. The molecule has 0 aliphatic rings. The van der Waals surface area contributed by atoms with Gasteiger partial charge in [-0.15, -0.1) is 15.3 Å². The summed E-state index contributed by atoms with van der Waals surface area (Å²) in [6.45, 7) is 2.28. The van der Waals surface area contributed by atoms with Crippen molar-refractivity contribution in [1.82, 2.24) is 25.2 Å². The third kappa shape index (κ3) is 2.94. The first-order chi connectivity index (χ1) is 10.8. The molecule has 0 N–H and O–H groups in total. The second-order valence-corrected chi connectivity index (χ2v) is 5.58. The Balaban J connectivity index is 1.78. The minimum absolute atomic E-state index is 0.282. The van der Waals surface area contributed by atoms with Crippen LogP contribution in [0.1, 0.15) is 16.4 Å². The number of nitrogens with zero attached hydrogens (tertiary/aromatic N) is 6. The molecule has 0 aliphatic carbocycles. The summed E-state index contributed by atoms with van der Waals surface area (Å²) >= 11 is 1.40. The number of para-hydroxylation sites is 1. The van der Waals surface area contributed by atoms with Gasteiger partial charge in [-0.05, 0) is 19.1 Å². The summed E-state index contributed by atoms with van der Waals surface area (Å²) in [6, 6.07) is 11.6. The van der Waals surface area contributed by atoms with Gasteiger partial charge < -0.3 is 4.74 Å². The van der Waals surface area contributed by atoms with Crippen LogP contribution in [0.25, 0.3) is 5.13 Å². The number of benzene rings is 1. The van der Waals surface area contributed by atoms with Gasteiger partial charge in [0.15, 0.2) is 5.69 Å².